The number of nitrogens with zero attached hydrogens (tertiary/aromatic N) is 2. The van der Waals surface area contributed by atoms with Crippen LogP contribution in [0.3, 0.4) is 0 Å². The van der Waals surface area contributed by atoms with E-state index in [0.29, 0.717) is 5.69 Å². The number of aromatic nitrogens is 2. The summed E-state index contributed by atoms with van der Waals surface area (Å²) in [4.78, 5) is 0. The molecule has 2 aromatic rings. The molecule has 0 unspecified atom stereocenters. The molecule has 1 heterocycles. The molecule has 0 fully saturated rings. The Morgan fingerprint density at radius 2 is 1.93 bits per heavy atom. The lowest BCUT2D eigenvalue weighted by molar-refractivity contribution is 0.472. The minimum atomic E-state index is 0.281. The van der Waals surface area contributed by atoms with Crippen LogP contribution in [-0.2, 0) is 6.54 Å². The summed E-state index contributed by atoms with van der Waals surface area (Å²) >= 11 is 0. The minimum Gasteiger partial charge on any atom is -0.504 e. The van der Waals surface area contributed by atoms with Gasteiger partial charge in [0.2, 0.25) is 0 Å². The molecule has 0 aliphatic carbocycles. The molecule has 0 saturated heterocycles. The molecule has 2 rings (SSSR count). The SMILES string of the molecule is CCn1nc(C)c(O)c1-c1ccccc1. The highest BCUT2D eigenvalue weighted by Crippen LogP contribution is 2.31. The predicted octanol–water partition coefficient (Wildman–Crippen LogP) is 2.58. The number of aryl methyl sites for hydroxylation is 2. The third-order valence-electron chi connectivity index (χ3n) is 2.44. The van der Waals surface area contributed by atoms with Gasteiger partial charge < -0.3 is 5.11 Å². The van der Waals surface area contributed by atoms with Crippen molar-refractivity contribution < 1.29 is 5.11 Å². The van der Waals surface area contributed by atoms with E-state index in [0.717, 1.165) is 17.8 Å². The lowest BCUT2D eigenvalue weighted by Crippen LogP contribution is -1.98. The maximum absolute atomic E-state index is 9.92. The van der Waals surface area contributed by atoms with E-state index in [4.69, 9.17) is 0 Å². The molecule has 0 radical (unpaired) electrons. The summed E-state index contributed by atoms with van der Waals surface area (Å²) in [6.45, 7) is 4.58. The first-order chi connectivity index (χ1) is 7.24. The topological polar surface area (TPSA) is 38.0 Å². The first-order valence-corrected chi connectivity index (χ1v) is 5.05. The van der Waals surface area contributed by atoms with Gasteiger partial charge in [-0.3, -0.25) is 4.68 Å². The van der Waals surface area contributed by atoms with Crippen LogP contribution in [0.15, 0.2) is 30.3 Å². The second kappa shape index (κ2) is 3.77. The quantitative estimate of drug-likeness (QED) is 0.812. The van der Waals surface area contributed by atoms with E-state index in [2.05, 4.69) is 5.10 Å². The van der Waals surface area contributed by atoms with Crippen LogP contribution in [-0.4, -0.2) is 14.9 Å². The summed E-state index contributed by atoms with van der Waals surface area (Å²) in [6.07, 6.45) is 0. The molecule has 15 heavy (non-hydrogen) atoms. The Hall–Kier alpha value is -1.77. The lowest BCUT2D eigenvalue weighted by atomic mass is 10.1. The molecule has 0 bridgehead atoms. The zero-order valence-electron chi connectivity index (χ0n) is 8.94. The maximum atomic E-state index is 9.92. The van der Waals surface area contributed by atoms with Crippen molar-refractivity contribution in [2.24, 2.45) is 0 Å². The Morgan fingerprint density at radius 3 is 2.53 bits per heavy atom. The number of aromatic hydroxyl groups is 1. The summed E-state index contributed by atoms with van der Waals surface area (Å²) in [5.41, 5.74) is 2.48. The van der Waals surface area contributed by atoms with Gasteiger partial charge in [0.05, 0.1) is 0 Å². The second-order valence-corrected chi connectivity index (χ2v) is 3.46. The summed E-state index contributed by atoms with van der Waals surface area (Å²) in [7, 11) is 0. The largest absolute Gasteiger partial charge is 0.504 e. The standard InChI is InChI=1S/C12H14N2O/c1-3-14-11(12(15)9(2)13-14)10-7-5-4-6-8-10/h4-8,15H,3H2,1-2H3. The van der Waals surface area contributed by atoms with Crippen molar-refractivity contribution in [2.75, 3.05) is 0 Å². The second-order valence-electron chi connectivity index (χ2n) is 3.46. The van der Waals surface area contributed by atoms with E-state index in [1.807, 2.05) is 48.9 Å². The summed E-state index contributed by atoms with van der Waals surface area (Å²) in [5.74, 6) is 0.281. The molecular formula is C12H14N2O. The van der Waals surface area contributed by atoms with Gasteiger partial charge in [0.25, 0.3) is 0 Å². The number of hydrogen-bond acceptors (Lipinski definition) is 2. The Bertz CT molecular complexity index is 460. The van der Waals surface area contributed by atoms with Crippen LogP contribution in [0.4, 0.5) is 0 Å². The smallest absolute Gasteiger partial charge is 0.164 e. The first-order valence-electron chi connectivity index (χ1n) is 5.05. The highest BCUT2D eigenvalue weighted by atomic mass is 16.3. The number of rotatable bonds is 2. The molecule has 1 aromatic heterocycles. The molecule has 0 atom stereocenters. The summed E-state index contributed by atoms with van der Waals surface area (Å²) in [6, 6.07) is 9.82. The van der Waals surface area contributed by atoms with E-state index in [1.165, 1.54) is 0 Å². The van der Waals surface area contributed by atoms with Crippen molar-refractivity contribution in [3.8, 4) is 17.0 Å². The van der Waals surface area contributed by atoms with E-state index in [1.54, 1.807) is 0 Å². The Labute approximate surface area is 89.0 Å². The van der Waals surface area contributed by atoms with Gasteiger partial charge >= 0.3 is 0 Å². The van der Waals surface area contributed by atoms with Gasteiger partial charge in [-0.05, 0) is 13.8 Å². The fraction of sp³-hybridized carbons (Fsp3) is 0.250. The predicted molar refractivity (Wildman–Crippen MR) is 59.7 cm³/mol. The molecule has 1 N–H and O–H groups in total. The highest BCUT2D eigenvalue weighted by Gasteiger charge is 2.14. The third kappa shape index (κ3) is 1.61. The van der Waals surface area contributed by atoms with Crippen molar-refractivity contribution in [1.82, 2.24) is 9.78 Å². The van der Waals surface area contributed by atoms with Crippen LogP contribution in [0.1, 0.15) is 12.6 Å². The van der Waals surface area contributed by atoms with E-state index < -0.39 is 0 Å². The molecule has 0 spiro atoms. The lowest BCUT2D eigenvalue weighted by Gasteiger charge is -2.04. The average molecular weight is 202 g/mol. The monoisotopic (exact) mass is 202 g/mol. The first kappa shape index (κ1) is 9.77. The Morgan fingerprint density at radius 1 is 1.27 bits per heavy atom. The molecule has 0 saturated carbocycles. The number of hydrogen-bond donors (Lipinski definition) is 1. The number of benzene rings is 1. The van der Waals surface area contributed by atoms with Crippen LogP contribution in [0, 0.1) is 6.92 Å². The van der Waals surface area contributed by atoms with Crippen LogP contribution in [0.2, 0.25) is 0 Å². The van der Waals surface area contributed by atoms with Gasteiger partial charge in [0.15, 0.2) is 5.75 Å². The van der Waals surface area contributed by atoms with E-state index >= 15 is 0 Å². The van der Waals surface area contributed by atoms with Gasteiger partial charge in [-0.15, -0.1) is 0 Å². The maximum Gasteiger partial charge on any atom is 0.164 e. The minimum absolute atomic E-state index is 0.281. The molecule has 0 amide bonds. The van der Waals surface area contributed by atoms with Crippen molar-refractivity contribution in [3.05, 3.63) is 36.0 Å². The normalized spacial score (nSPS) is 10.5. The van der Waals surface area contributed by atoms with Crippen molar-refractivity contribution in [2.45, 2.75) is 20.4 Å². The molecule has 3 nitrogen and oxygen atoms in total. The van der Waals surface area contributed by atoms with Crippen LogP contribution in [0.5, 0.6) is 5.75 Å². The molecule has 78 valence electrons. The fourth-order valence-electron chi connectivity index (χ4n) is 1.68. The van der Waals surface area contributed by atoms with Crippen LogP contribution >= 0.6 is 0 Å². The highest BCUT2D eigenvalue weighted by molar-refractivity contribution is 5.67. The van der Waals surface area contributed by atoms with Crippen molar-refractivity contribution in [3.63, 3.8) is 0 Å². The summed E-state index contributed by atoms with van der Waals surface area (Å²) in [5, 5.41) is 14.2. The van der Waals surface area contributed by atoms with Gasteiger partial charge in [-0.1, -0.05) is 30.3 Å². The van der Waals surface area contributed by atoms with Gasteiger partial charge in [-0.2, -0.15) is 5.10 Å². The third-order valence-corrected chi connectivity index (χ3v) is 2.44. The fourth-order valence-corrected chi connectivity index (χ4v) is 1.68. The van der Waals surface area contributed by atoms with E-state index in [9.17, 15) is 5.11 Å². The average Bonchev–Trinajstić information content (AvgIpc) is 2.56. The molecule has 1 aromatic carbocycles. The molecule has 0 aliphatic rings. The summed E-state index contributed by atoms with van der Waals surface area (Å²) < 4.78 is 1.82. The van der Waals surface area contributed by atoms with Crippen LogP contribution < -0.4 is 0 Å². The van der Waals surface area contributed by atoms with E-state index in [-0.39, 0.29) is 5.75 Å². The zero-order chi connectivity index (χ0) is 10.8. The molecule has 0 aliphatic heterocycles. The van der Waals surface area contributed by atoms with Gasteiger partial charge in [0.1, 0.15) is 11.4 Å². The molecular weight excluding hydrogens is 188 g/mol. The van der Waals surface area contributed by atoms with Crippen LogP contribution in [0.25, 0.3) is 11.3 Å². The Kier molecular flexibility index (Phi) is 2.46. The molecule has 3 heteroatoms. The Balaban J connectivity index is 2.61. The van der Waals surface area contributed by atoms with Crippen molar-refractivity contribution in [1.29, 1.82) is 0 Å². The van der Waals surface area contributed by atoms with Gasteiger partial charge in [-0.25, -0.2) is 0 Å². The zero-order valence-corrected chi connectivity index (χ0v) is 8.94. The van der Waals surface area contributed by atoms with Gasteiger partial charge in [0, 0.05) is 12.1 Å². The van der Waals surface area contributed by atoms with Crippen molar-refractivity contribution >= 4 is 0 Å².